The summed E-state index contributed by atoms with van der Waals surface area (Å²) < 4.78 is 13.5. The van der Waals surface area contributed by atoms with Crippen molar-refractivity contribution < 1.29 is 13.9 Å². The lowest BCUT2D eigenvalue weighted by molar-refractivity contribution is 0.0300. The summed E-state index contributed by atoms with van der Waals surface area (Å²) in [5, 5.41) is 0.981. The number of carbonyl (C=O) groups excluding carboxylic acids is 1. The predicted molar refractivity (Wildman–Crippen MR) is 104 cm³/mol. The molecule has 4 aromatic rings. The van der Waals surface area contributed by atoms with Crippen molar-refractivity contribution in [3.8, 4) is 11.5 Å². The minimum absolute atomic E-state index is 0.287. The number of hydrogen-bond acceptors (Lipinski definition) is 5. The van der Waals surface area contributed by atoms with E-state index in [9.17, 15) is 4.79 Å². The van der Waals surface area contributed by atoms with Crippen LogP contribution in [0.2, 0.25) is 10.0 Å². The number of ether oxygens (including phenoxy) is 1. The first kappa shape index (κ1) is 17.3. The molecule has 1 aliphatic rings. The number of aromatic nitrogens is 3. The molecule has 1 atom stereocenters. The highest BCUT2D eigenvalue weighted by molar-refractivity contribution is 6.35. The maximum Gasteiger partial charge on any atom is 0.338 e. The summed E-state index contributed by atoms with van der Waals surface area (Å²) in [6.45, 7) is 0.792. The topological polar surface area (TPSA) is 70.2 Å². The second-order valence-electron chi connectivity index (χ2n) is 6.55. The van der Waals surface area contributed by atoms with Crippen LogP contribution in [0.15, 0.2) is 53.3 Å². The van der Waals surface area contributed by atoms with Crippen LogP contribution in [-0.4, -0.2) is 20.5 Å². The van der Waals surface area contributed by atoms with E-state index in [1.54, 1.807) is 48.9 Å². The number of halogens is 2. The van der Waals surface area contributed by atoms with Crippen LogP contribution in [0.4, 0.5) is 0 Å². The molecule has 3 heterocycles. The van der Waals surface area contributed by atoms with Gasteiger partial charge in [0.1, 0.15) is 11.6 Å². The lowest BCUT2D eigenvalue weighted by atomic mass is 10.2. The van der Waals surface area contributed by atoms with E-state index in [1.165, 1.54) is 0 Å². The maximum absolute atomic E-state index is 12.6. The molecule has 0 fully saturated rings. The lowest BCUT2D eigenvalue weighted by Gasteiger charge is -2.11. The largest absolute Gasteiger partial charge is 0.452 e. The highest BCUT2D eigenvalue weighted by atomic mass is 35.5. The molecule has 0 bridgehead atoms. The van der Waals surface area contributed by atoms with Crippen LogP contribution in [0.5, 0.6) is 0 Å². The van der Waals surface area contributed by atoms with Gasteiger partial charge in [-0.15, -0.1) is 0 Å². The maximum atomic E-state index is 12.6. The molecule has 0 spiro atoms. The molecule has 0 saturated carbocycles. The second kappa shape index (κ2) is 6.65. The summed E-state index contributed by atoms with van der Waals surface area (Å²) in [5.41, 5.74) is 3.09. The quantitative estimate of drug-likeness (QED) is 0.426. The van der Waals surface area contributed by atoms with E-state index in [-0.39, 0.29) is 6.10 Å². The van der Waals surface area contributed by atoms with Gasteiger partial charge in [-0.25, -0.2) is 14.8 Å². The molecular weight excluding hydrogens is 401 g/mol. The zero-order valence-corrected chi connectivity index (χ0v) is 15.9. The Labute approximate surface area is 169 Å². The third kappa shape index (κ3) is 3.04. The first-order chi connectivity index (χ1) is 13.6. The average Bonchev–Trinajstić information content (AvgIpc) is 3.36. The van der Waals surface area contributed by atoms with Gasteiger partial charge in [-0.2, -0.15) is 0 Å². The number of esters is 1. The molecule has 0 aliphatic carbocycles. The second-order valence-corrected chi connectivity index (χ2v) is 7.43. The van der Waals surface area contributed by atoms with Crippen molar-refractivity contribution >= 4 is 40.3 Å². The molecule has 0 radical (unpaired) electrons. The average molecular weight is 414 g/mol. The zero-order chi connectivity index (χ0) is 19.3. The van der Waals surface area contributed by atoms with Gasteiger partial charge in [-0.1, -0.05) is 23.2 Å². The van der Waals surface area contributed by atoms with Gasteiger partial charge in [-0.3, -0.25) is 0 Å². The molecule has 0 amide bonds. The summed E-state index contributed by atoms with van der Waals surface area (Å²) in [6.07, 6.45) is 3.93. The van der Waals surface area contributed by atoms with Gasteiger partial charge in [-0.05, 0) is 36.4 Å². The zero-order valence-electron chi connectivity index (χ0n) is 14.4. The third-order valence-electron chi connectivity index (χ3n) is 4.69. The summed E-state index contributed by atoms with van der Waals surface area (Å²) in [5.74, 6) is -0.0325. The highest BCUT2D eigenvalue weighted by Crippen LogP contribution is 2.31. The molecule has 2 aromatic heterocycles. The van der Waals surface area contributed by atoms with E-state index in [0.29, 0.717) is 38.2 Å². The first-order valence-corrected chi connectivity index (χ1v) is 9.40. The Kier molecular flexibility index (Phi) is 4.10. The van der Waals surface area contributed by atoms with Crippen LogP contribution in [0, 0.1) is 0 Å². The van der Waals surface area contributed by atoms with Crippen LogP contribution >= 0.6 is 23.2 Å². The fraction of sp³-hybridized carbons (Fsp3) is 0.150. The van der Waals surface area contributed by atoms with Crippen LogP contribution in [-0.2, 0) is 11.3 Å². The van der Waals surface area contributed by atoms with Gasteiger partial charge in [0, 0.05) is 28.6 Å². The van der Waals surface area contributed by atoms with E-state index >= 15 is 0 Å². The Morgan fingerprint density at radius 1 is 1.18 bits per heavy atom. The smallest absolute Gasteiger partial charge is 0.338 e. The Hall–Kier alpha value is -2.83. The van der Waals surface area contributed by atoms with Crippen molar-refractivity contribution in [3.05, 3.63) is 70.2 Å². The van der Waals surface area contributed by atoms with Crippen LogP contribution < -0.4 is 0 Å². The van der Waals surface area contributed by atoms with Crippen molar-refractivity contribution in [1.82, 2.24) is 14.5 Å². The van der Waals surface area contributed by atoms with Crippen molar-refractivity contribution in [2.75, 3.05) is 0 Å². The van der Waals surface area contributed by atoms with Crippen LogP contribution in [0.1, 0.15) is 28.6 Å². The number of benzene rings is 2. The van der Waals surface area contributed by atoms with Gasteiger partial charge < -0.3 is 13.7 Å². The lowest BCUT2D eigenvalue weighted by Crippen LogP contribution is -2.09. The highest BCUT2D eigenvalue weighted by Gasteiger charge is 2.27. The number of carbonyl (C=O) groups is 1. The van der Waals surface area contributed by atoms with E-state index < -0.39 is 5.97 Å². The Bertz CT molecular complexity index is 1190. The molecule has 28 heavy (non-hydrogen) atoms. The van der Waals surface area contributed by atoms with Crippen LogP contribution in [0.25, 0.3) is 22.6 Å². The van der Waals surface area contributed by atoms with Crippen molar-refractivity contribution in [1.29, 1.82) is 0 Å². The molecular formula is C20H13Cl2N3O3. The summed E-state index contributed by atoms with van der Waals surface area (Å²) in [6, 6.07) is 10.1. The number of fused-ring (bicyclic) bond motifs is 2. The van der Waals surface area contributed by atoms with Crippen molar-refractivity contribution in [2.24, 2.45) is 0 Å². The molecule has 1 unspecified atom stereocenters. The number of aryl methyl sites for hydroxylation is 1. The number of oxazole rings is 1. The van der Waals surface area contributed by atoms with E-state index in [0.717, 1.165) is 18.7 Å². The predicted octanol–water partition coefficient (Wildman–Crippen LogP) is 5.30. The fourth-order valence-corrected chi connectivity index (χ4v) is 3.89. The monoisotopic (exact) mass is 413 g/mol. The first-order valence-electron chi connectivity index (χ1n) is 8.65. The molecule has 8 heteroatoms. The number of imidazole rings is 1. The van der Waals surface area contributed by atoms with Gasteiger partial charge in [0.15, 0.2) is 5.58 Å². The molecule has 6 nitrogen and oxygen atoms in total. The van der Waals surface area contributed by atoms with Gasteiger partial charge in [0.05, 0.1) is 23.8 Å². The fourth-order valence-electron chi connectivity index (χ4n) is 3.36. The SMILES string of the molecule is O=C(OC1CCn2cncc21)c1ccc2nc(-c3cc(Cl)cc(Cl)c3)oc2c1. The summed E-state index contributed by atoms with van der Waals surface area (Å²) >= 11 is 12.1. The van der Waals surface area contributed by atoms with Crippen molar-refractivity contribution in [3.63, 3.8) is 0 Å². The number of hydrogen-bond donors (Lipinski definition) is 0. The van der Waals surface area contributed by atoms with Crippen molar-refractivity contribution in [2.45, 2.75) is 19.1 Å². The number of nitrogens with zero attached hydrogens (tertiary/aromatic N) is 3. The Morgan fingerprint density at radius 2 is 2.00 bits per heavy atom. The standard InChI is InChI=1S/C20H13Cl2N3O3/c21-13-5-12(6-14(22)8-13)19-24-15-2-1-11(7-18(15)27-19)20(26)28-17-3-4-25-10-23-9-16(17)25/h1-2,5-10,17H,3-4H2. The molecule has 140 valence electrons. The van der Waals surface area contributed by atoms with Gasteiger partial charge >= 0.3 is 5.97 Å². The Balaban J connectivity index is 1.43. The Morgan fingerprint density at radius 3 is 2.82 bits per heavy atom. The normalized spacial score (nSPS) is 15.7. The van der Waals surface area contributed by atoms with E-state index in [1.807, 2.05) is 4.57 Å². The van der Waals surface area contributed by atoms with E-state index in [4.69, 9.17) is 32.4 Å². The van der Waals surface area contributed by atoms with E-state index in [2.05, 4.69) is 9.97 Å². The van der Waals surface area contributed by atoms with Crippen LogP contribution in [0.3, 0.4) is 0 Å². The third-order valence-corrected chi connectivity index (χ3v) is 5.13. The molecule has 1 aliphatic heterocycles. The summed E-state index contributed by atoms with van der Waals surface area (Å²) in [7, 11) is 0. The molecule has 5 rings (SSSR count). The van der Waals surface area contributed by atoms with Gasteiger partial charge in [0.2, 0.25) is 5.89 Å². The molecule has 0 saturated heterocycles. The molecule has 2 aromatic carbocycles. The number of rotatable bonds is 3. The minimum Gasteiger partial charge on any atom is -0.452 e. The van der Waals surface area contributed by atoms with Gasteiger partial charge in [0.25, 0.3) is 0 Å². The molecule has 0 N–H and O–H groups in total. The minimum atomic E-state index is -0.412. The summed E-state index contributed by atoms with van der Waals surface area (Å²) in [4.78, 5) is 21.1.